The van der Waals surface area contributed by atoms with E-state index in [1.165, 1.54) is 0 Å². The zero-order valence-electron chi connectivity index (χ0n) is 10.5. The second-order valence-corrected chi connectivity index (χ2v) is 5.09. The average molecular weight is 287 g/mol. The number of nitrogens with zero attached hydrogens (tertiary/aromatic N) is 1. The lowest BCUT2D eigenvalue weighted by Gasteiger charge is -2.28. The van der Waals surface area contributed by atoms with Gasteiger partial charge in [-0.15, -0.1) is 0 Å². The first-order chi connectivity index (χ1) is 9.25. The molecule has 0 bridgehead atoms. The van der Waals surface area contributed by atoms with Crippen LogP contribution in [-0.2, 0) is 6.54 Å². The van der Waals surface area contributed by atoms with Gasteiger partial charge in [-0.1, -0.05) is 11.6 Å². The molecule has 1 aromatic rings. The lowest BCUT2D eigenvalue weighted by molar-refractivity contribution is 0.169. The maximum Gasteiger partial charge on any atom is 0.182 e. The van der Waals surface area contributed by atoms with Gasteiger partial charge in [-0.05, 0) is 6.07 Å². The minimum absolute atomic E-state index is 0.0299. The Labute approximate surface area is 116 Å². The predicted molar refractivity (Wildman–Crippen MR) is 70.5 cm³/mol. The van der Waals surface area contributed by atoms with E-state index in [0.29, 0.717) is 36.8 Å². The van der Waals surface area contributed by atoms with E-state index in [1.54, 1.807) is 6.07 Å². The molecular weight excluding hydrogens is 271 g/mol. The molecule has 0 atom stereocenters. The molecule has 0 radical (unpaired) electrons. The van der Waals surface area contributed by atoms with Crippen LogP contribution in [0.5, 0.6) is 11.5 Å². The third-order valence-electron chi connectivity index (χ3n) is 3.39. The van der Waals surface area contributed by atoms with Crippen molar-refractivity contribution in [2.75, 3.05) is 39.4 Å². The van der Waals surface area contributed by atoms with Crippen LogP contribution in [0.4, 0.5) is 4.39 Å². The summed E-state index contributed by atoms with van der Waals surface area (Å²) in [5.41, 5.74) is 0.566. The number of benzene rings is 1. The van der Waals surface area contributed by atoms with Gasteiger partial charge in [-0.3, -0.25) is 4.90 Å². The molecule has 0 amide bonds. The summed E-state index contributed by atoms with van der Waals surface area (Å²) in [7, 11) is 0. The van der Waals surface area contributed by atoms with Crippen molar-refractivity contribution in [3.8, 4) is 11.5 Å². The zero-order chi connectivity index (χ0) is 13.2. The molecule has 19 heavy (non-hydrogen) atoms. The summed E-state index contributed by atoms with van der Waals surface area (Å²) in [5.74, 6) is 0.474. The summed E-state index contributed by atoms with van der Waals surface area (Å²) in [4.78, 5) is 2.20. The van der Waals surface area contributed by atoms with Crippen molar-refractivity contribution in [1.29, 1.82) is 0 Å². The van der Waals surface area contributed by atoms with Gasteiger partial charge in [-0.25, -0.2) is 4.39 Å². The Morgan fingerprint density at radius 1 is 1.26 bits per heavy atom. The largest absolute Gasteiger partial charge is 0.486 e. The molecule has 1 N–H and O–H groups in total. The van der Waals surface area contributed by atoms with Gasteiger partial charge in [0.1, 0.15) is 24.1 Å². The SMILES string of the molecule is Fc1c(CN2CCNCC2)cc2c(c1Cl)OCCO2. The van der Waals surface area contributed by atoms with Crippen LogP contribution in [0.3, 0.4) is 0 Å². The molecule has 6 heteroatoms. The molecule has 1 aromatic carbocycles. The molecule has 0 aromatic heterocycles. The van der Waals surface area contributed by atoms with Gasteiger partial charge >= 0.3 is 0 Å². The van der Waals surface area contributed by atoms with E-state index in [2.05, 4.69) is 10.2 Å². The predicted octanol–water partition coefficient (Wildman–Crippen LogP) is 1.66. The van der Waals surface area contributed by atoms with Gasteiger partial charge in [0, 0.05) is 38.3 Å². The van der Waals surface area contributed by atoms with E-state index in [1.807, 2.05) is 0 Å². The topological polar surface area (TPSA) is 33.7 Å². The Morgan fingerprint density at radius 2 is 2.00 bits per heavy atom. The maximum atomic E-state index is 14.2. The van der Waals surface area contributed by atoms with Crippen LogP contribution in [0.1, 0.15) is 5.56 Å². The van der Waals surface area contributed by atoms with Crippen LogP contribution in [0.2, 0.25) is 5.02 Å². The second kappa shape index (κ2) is 5.53. The number of halogens is 2. The van der Waals surface area contributed by atoms with Crippen molar-refractivity contribution >= 4 is 11.6 Å². The van der Waals surface area contributed by atoms with Crippen molar-refractivity contribution in [3.05, 3.63) is 22.5 Å². The van der Waals surface area contributed by atoms with Crippen LogP contribution >= 0.6 is 11.6 Å². The van der Waals surface area contributed by atoms with Crippen LogP contribution in [0.25, 0.3) is 0 Å². The standard InChI is InChI=1S/C13H16ClFN2O2/c14-11-12(15)9(8-17-3-1-16-2-4-17)7-10-13(11)19-6-5-18-10/h7,16H,1-6,8H2. The number of rotatable bonds is 2. The molecule has 104 valence electrons. The Kier molecular flexibility index (Phi) is 3.77. The molecule has 1 saturated heterocycles. The number of hydrogen-bond donors (Lipinski definition) is 1. The third kappa shape index (κ3) is 2.63. The highest BCUT2D eigenvalue weighted by Gasteiger charge is 2.23. The van der Waals surface area contributed by atoms with Crippen LogP contribution in [0.15, 0.2) is 6.07 Å². The molecule has 0 spiro atoms. The third-order valence-corrected chi connectivity index (χ3v) is 3.73. The van der Waals surface area contributed by atoms with Crippen molar-refractivity contribution in [1.82, 2.24) is 10.2 Å². The Morgan fingerprint density at radius 3 is 2.79 bits per heavy atom. The molecule has 4 nitrogen and oxygen atoms in total. The Balaban J connectivity index is 1.86. The molecule has 2 heterocycles. The van der Waals surface area contributed by atoms with Crippen molar-refractivity contribution in [2.24, 2.45) is 0 Å². The van der Waals surface area contributed by atoms with E-state index in [-0.39, 0.29) is 5.02 Å². The van der Waals surface area contributed by atoms with Crippen LogP contribution in [-0.4, -0.2) is 44.3 Å². The summed E-state index contributed by atoms with van der Waals surface area (Å²) in [6.45, 7) is 5.10. The van der Waals surface area contributed by atoms with Crippen LogP contribution < -0.4 is 14.8 Å². The summed E-state index contributed by atoms with van der Waals surface area (Å²) in [6.07, 6.45) is 0. The smallest absolute Gasteiger partial charge is 0.182 e. The fourth-order valence-electron chi connectivity index (χ4n) is 2.40. The van der Waals surface area contributed by atoms with Gasteiger partial charge in [0.05, 0.1) is 0 Å². The lowest BCUT2D eigenvalue weighted by Crippen LogP contribution is -2.43. The normalized spacial score (nSPS) is 19.5. The number of fused-ring (bicyclic) bond motifs is 1. The van der Waals surface area contributed by atoms with Gasteiger partial charge in [0.2, 0.25) is 0 Å². The molecular formula is C13H16ClFN2O2. The van der Waals surface area contributed by atoms with Crippen molar-refractivity contribution in [2.45, 2.75) is 6.54 Å². The fourth-order valence-corrected chi connectivity index (χ4v) is 2.67. The Hall–Kier alpha value is -1.04. The highest BCUT2D eigenvalue weighted by molar-refractivity contribution is 6.32. The van der Waals surface area contributed by atoms with Gasteiger partial charge in [0.15, 0.2) is 11.5 Å². The first kappa shape index (κ1) is 13.0. The van der Waals surface area contributed by atoms with E-state index >= 15 is 0 Å². The highest BCUT2D eigenvalue weighted by atomic mass is 35.5. The summed E-state index contributed by atoms with van der Waals surface area (Å²) in [5, 5.41) is 3.30. The molecule has 1 fully saturated rings. The first-order valence-electron chi connectivity index (χ1n) is 6.45. The molecule has 2 aliphatic rings. The minimum Gasteiger partial charge on any atom is -0.486 e. The molecule has 0 saturated carbocycles. The maximum absolute atomic E-state index is 14.2. The number of hydrogen-bond acceptors (Lipinski definition) is 4. The molecule has 3 rings (SSSR count). The second-order valence-electron chi connectivity index (χ2n) is 4.71. The Bertz CT molecular complexity index is 478. The van der Waals surface area contributed by atoms with E-state index in [9.17, 15) is 4.39 Å². The first-order valence-corrected chi connectivity index (χ1v) is 6.83. The van der Waals surface area contributed by atoms with E-state index in [0.717, 1.165) is 26.2 Å². The minimum atomic E-state index is -0.399. The van der Waals surface area contributed by atoms with Crippen molar-refractivity contribution in [3.63, 3.8) is 0 Å². The lowest BCUT2D eigenvalue weighted by atomic mass is 10.1. The van der Waals surface area contributed by atoms with Crippen molar-refractivity contribution < 1.29 is 13.9 Å². The monoisotopic (exact) mass is 286 g/mol. The highest BCUT2D eigenvalue weighted by Crippen LogP contribution is 2.40. The van der Waals surface area contributed by atoms with Crippen LogP contribution in [0, 0.1) is 5.82 Å². The van der Waals surface area contributed by atoms with Gasteiger partial charge < -0.3 is 14.8 Å². The van der Waals surface area contributed by atoms with E-state index in [4.69, 9.17) is 21.1 Å². The fraction of sp³-hybridized carbons (Fsp3) is 0.538. The zero-order valence-corrected chi connectivity index (χ0v) is 11.3. The molecule has 0 unspecified atom stereocenters. The summed E-state index contributed by atoms with van der Waals surface area (Å²) in [6, 6.07) is 1.71. The summed E-state index contributed by atoms with van der Waals surface area (Å²) >= 11 is 6.02. The quantitative estimate of drug-likeness (QED) is 0.896. The van der Waals surface area contributed by atoms with Gasteiger partial charge in [0.25, 0.3) is 0 Å². The number of ether oxygens (including phenoxy) is 2. The average Bonchev–Trinajstić information content (AvgIpc) is 2.46. The number of nitrogens with one attached hydrogen (secondary N) is 1. The number of piperazine rings is 1. The summed E-state index contributed by atoms with van der Waals surface area (Å²) < 4.78 is 25.1. The molecule has 2 aliphatic heterocycles. The van der Waals surface area contributed by atoms with Gasteiger partial charge in [-0.2, -0.15) is 0 Å². The molecule has 0 aliphatic carbocycles. The van der Waals surface area contributed by atoms with E-state index < -0.39 is 5.82 Å².